The molecule has 5 heterocycles. The molecule has 0 fully saturated rings. The molecule has 0 unspecified atom stereocenters. The van der Waals surface area contributed by atoms with Gasteiger partial charge in [0.1, 0.15) is 23.7 Å². The zero-order valence-electron chi connectivity index (χ0n) is 27.5. The highest BCUT2D eigenvalue weighted by molar-refractivity contribution is 9.10. The molecule has 0 spiro atoms. The summed E-state index contributed by atoms with van der Waals surface area (Å²) in [6.45, 7) is 1.08. The molecule has 5 aromatic heterocycles. The molecule has 0 aliphatic heterocycles. The van der Waals surface area contributed by atoms with Crippen LogP contribution in [-0.2, 0) is 22.7 Å². The van der Waals surface area contributed by atoms with E-state index >= 15 is 0 Å². The Hall–Kier alpha value is -6.27. The highest BCUT2D eigenvalue weighted by Gasteiger charge is 2.14. The first-order valence-electron chi connectivity index (χ1n) is 16.1. The largest absolute Gasteiger partial charge is 0.456 e. The van der Waals surface area contributed by atoms with Crippen molar-refractivity contribution >= 4 is 87.0 Å². The van der Waals surface area contributed by atoms with Crippen molar-refractivity contribution in [1.82, 2.24) is 30.4 Å². The summed E-state index contributed by atoms with van der Waals surface area (Å²) in [7, 11) is 2.98. The van der Waals surface area contributed by atoms with E-state index in [1.807, 2.05) is 94.9 Å². The van der Waals surface area contributed by atoms with E-state index < -0.39 is 0 Å². The molecule has 250 valence electrons. The number of furan rings is 1. The molecular formula is C38H27B2BrN8O3. The lowest BCUT2D eigenvalue weighted by Crippen LogP contribution is -2.28. The number of hydrogen-bond acceptors (Lipinski definition) is 11. The number of aromatic nitrogens is 6. The Balaban J connectivity index is 0.000000170. The number of benzene rings is 3. The second-order valence-electron chi connectivity index (χ2n) is 11.6. The number of nitrogens with zero attached hydrogens (tertiary/aromatic N) is 8. The molecule has 8 rings (SSSR count). The Morgan fingerprint density at radius 2 is 1.21 bits per heavy atom. The van der Waals surface area contributed by atoms with E-state index in [2.05, 4.69) is 58.4 Å². The number of carbonyl (C=O) groups excluding carboxylic acids is 2. The molecule has 0 aliphatic carbocycles. The third kappa shape index (κ3) is 7.87. The van der Waals surface area contributed by atoms with E-state index in [1.54, 1.807) is 31.0 Å². The molecule has 0 saturated carbocycles. The molecule has 8 aromatic rings. The lowest BCUT2D eigenvalue weighted by atomic mass is 9.92. The van der Waals surface area contributed by atoms with Crippen LogP contribution in [0.3, 0.4) is 0 Å². The first kappa shape index (κ1) is 34.2. The van der Waals surface area contributed by atoms with Crippen LogP contribution in [-0.4, -0.2) is 57.6 Å². The average Bonchev–Trinajstić information content (AvgIpc) is 3.63. The quantitative estimate of drug-likeness (QED) is 0.102. The number of halogens is 1. The van der Waals surface area contributed by atoms with Gasteiger partial charge < -0.3 is 23.6 Å². The Morgan fingerprint density at radius 3 is 1.81 bits per heavy atom. The molecule has 52 heavy (non-hydrogen) atoms. The van der Waals surface area contributed by atoms with Crippen molar-refractivity contribution in [1.29, 1.82) is 0 Å². The van der Waals surface area contributed by atoms with Crippen molar-refractivity contribution in [3.8, 4) is 11.3 Å². The summed E-state index contributed by atoms with van der Waals surface area (Å²) in [6, 6.07) is 25.9. The standard InChI is InChI=1S/C23H16BN4O2.C15H11BBrN4O/c29-15-24-28(19-7-8-26-27-12-19)14-16-5-6-18-11-25-13-21(20(18)9-16)23-10-17-3-1-2-4-22(17)30-23;17-15-8-18-6-12-2-1-11(5-14(12)15)9-21(16-10-22)13-3-4-19-20-7-13/h1-13,15H,14H2;1-8,10H,9H2. The summed E-state index contributed by atoms with van der Waals surface area (Å²) >= 11 is 3.51. The molecule has 2 radical (unpaired) electrons. The number of rotatable bonds is 11. The molecule has 0 saturated heterocycles. The van der Waals surface area contributed by atoms with Gasteiger partial charge in [-0.1, -0.05) is 42.5 Å². The topological polar surface area (TPSA) is 131 Å². The van der Waals surface area contributed by atoms with Crippen molar-refractivity contribution < 1.29 is 14.0 Å². The van der Waals surface area contributed by atoms with Gasteiger partial charge in [0.15, 0.2) is 0 Å². The van der Waals surface area contributed by atoms with Gasteiger partial charge in [-0.3, -0.25) is 9.97 Å². The minimum atomic E-state index is 0.516. The highest BCUT2D eigenvalue weighted by atomic mass is 79.9. The molecule has 0 aliphatic rings. The fourth-order valence-corrected chi connectivity index (χ4v) is 6.26. The molecular weight excluding hydrogens is 718 g/mol. The second-order valence-corrected chi connectivity index (χ2v) is 12.4. The number of hydrogen-bond donors (Lipinski definition) is 0. The summed E-state index contributed by atoms with van der Waals surface area (Å²) < 4.78 is 7.02. The van der Waals surface area contributed by atoms with Gasteiger partial charge in [0.05, 0.1) is 24.8 Å². The summed E-state index contributed by atoms with van der Waals surface area (Å²) in [5, 5.41) is 20.6. The van der Waals surface area contributed by atoms with E-state index in [1.165, 1.54) is 14.8 Å². The molecule has 11 nitrogen and oxygen atoms in total. The zero-order chi connectivity index (χ0) is 35.7. The molecule has 0 bridgehead atoms. The average molecular weight is 745 g/mol. The van der Waals surface area contributed by atoms with Crippen LogP contribution in [0, 0.1) is 0 Å². The third-order valence-electron chi connectivity index (χ3n) is 8.28. The Labute approximate surface area is 308 Å². The predicted octanol–water partition coefficient (Wildman–Crippen LogP) is 6.86. The van der Waals surface area contributed by atoms with Crippen LogP contribution in [0.2, 0.25) is 0 Å². The number of para-hydroxylation sites is 1. The summed E-state index contributed by atoms with van der Waals surface area (Å²) in [6.07, 6.45) is 15.3. The first-order valence-corrected chi connectivity index (χ1v) is 16.9. The van der Waals surface area contributed by atoms with Gasteiger partial charge in [-0.05, 0) is 74.2 Å². The van der Waals surface area contributed by atoms with Gasteiger partial charge >= 0.3 is 14.8 Å². The van der Waals surface area contributed by atoms with Gasteiger partial charge in [-0.25, -0.2) is 0 Å². The molecule has 0 atom stereocenters. The van der Waals surface area contributed by atoms with Gasteiger partial charge in [0, 0.05) is 75.4 Å². The van der Waals surface area contributed by atoms with Crippen LogP contribution in [0.5, 0.6) is 0 Å². The van der Waals surface area contributed by atoms with Gasteiger partial charge in [0.2, 0.25) is 0 Å². The van der Waals surface area contributed by atoms with E-state index in [4.69, 9.17) is 4.42 Å². The minimum absolute atomic E-state index is 0.516. The van der Waals surface area contributed by atoms with Crippen molar-refractivity contribution in [2.75, 3.05) is 9.62 Å². The van der Waals surface area contributed by atoms with Gasteiger partial charge in [-0.2, -0.15) is 20.4 Å². The predicted molar refractivity (Wildman–Crippen MR) is 208 cm³/mol. The normalized spacial score (nSPS) is 10.7. The monoisotopic (exact) mass is 744 g/mol. The third-order valence-corrected chi connectivity index (χ3v) is 8.91. The summed E-state index contributed by atoms with van der Waals surface area (Å²) in [5.74, 6) is 0.779. The minimum Gasteiger partial charge on any atom is -0.456 e. The number of pyridine rings is 2. The molecule has 0 amide bonds. The van der Waals surface area contributed by atoms with Gasteiger partial charge in [-0.15, -0.1) is 0 Å². The Morgan fingerprint density at radius 1 is 0.615 bits per heavy atom. The van der Waals surface area contributed by atoms with Crippen LogP contribution in [0.4, 0.5) is 11.4 Å². The summed E-state index contributed by atoms with van der Waals surface area (Å²) in [4.78, 5) is 34.3. The lowest BCUT2D eigenvalue weighted by molar-refractivity contribution is 0.567. The SMILES string of the molecule is O=C[B]N(Cc1ccc2cncc(-c3cc4ccccc4o3)c2c1)c1ccnnc1.O=C[B]N(Cc1ccc2cncc(Br)c2c1)c1ccnnc1. The van der Waals surface area contributed by atoms with E-state index in [9.17, 15) is 9.59 Å². The highest BCUT2D eigenvalue weighted by Crippen LogP contribution is 2.33. The zero-order valence-corrected chi connectivity index (χ0v) is 29.1. The summed E-state index contributed by atoms with van der Waals surface area (Å²) in [5.41, 5.74) is 5.51. The van der Waals surface area contributed by atoms with Crippen molar-refractivity contribution in [2.24, 2.45) is 0 Å². The smallest absolute Gasteiger partial charge is 0.329 e. The maximum atomic E-state index is 11.2. The molecule has 3 aromatic carbocycles. The lowest BCUT2D eigenvalue weighted by Gasteiger charge is -2.21. The number of anilines is 2. The van der Waals surface area contributed by atoms with E-state index in [-0.39, 0.29) is 0 Å². The van der Waals surface area contributed by atoms with E-state index in [0.29, 0.717) is 13.1 Å². The van der Waals surface area contributed by atoms with Crippen molar-refractivity contribution in [2.45, 2.75) is 13.1 Å². The van der Waals surface area contributed by atoms with Crippen molar-refractivity contribution in [3.63, 3.8) is 0 Å². The van der Waals surface area contributed by atoms with Crippen LogP contribution >= 0.6 is 15.9 Å². The second kappa shape index (κ2) is 16.2. The molecule has 0 N–H and O–H groups in total. The van der Waals surface area contributed by atoms with E-state index in [0.717, 1.165) is 83.2 Å². The Bertz CT molecular complexity index is 2440. The van der Waals surface area contributed by atoms with Crippen LogP contribution < -0.4 is 9.62 Å². The Kier molecular flexibility index (Phi) is 10.6. The number of fused-ring (bicyclic) bond motifs is 3. The van der Waals surface area contributed by atoms with Gasteiger partial charge in [0.25, 0.3) is 0 Å². The fraction of sp³-hybridized carbons (Fsp3) is 0.0526. The first-order chi connectivity index (χ1) is 25.6. The van der Waals surface area contributed by atoms with Crippen LogP contribution in [0.25, 0.3) is 43.8 Å². The maximum absolute atomic E-state index is 11.2. The maximum Gasteiger partial charge on any atom is 0.329 e. The fourth-order valence-electron chi connectivity index (χ4n) is 5.80. The van der Waals surface area contributed by atoms with Crippen LogP contribution in [0.15, 0.2) is 137 Å². The molecule has 14 heteroatoms. The van der Waals surface area contributed by atoms with Crippen LogP contribution in [0.1, 0.15) is 11.1 Å². The van der Waals surface area contributed by atoms with Crippen molar-refractivity contribution in [3.05, 3.63) is 144 Å². The number of carbonyl (C=O) groups is 2.